The van der Waals surface area contributed by atoms with Crippen LogP contribution in [0, 0.1) is 5.92 Å². The van der Waals surface area contributed by atoms with Crippen molar-refractivity contribution >= 4 is 5.91 Å². The third-order valence-electron chi connectivity index (χ3n) is 3.57. The van der Waals surface area contributed by atoms with Gasteiger partial charge in [-0.1, -0.05) is 42.7 Å². The third-order valence-corrected chi connectivity index (χ3v) is 3.57. The summed E-state index contributed by atoms with van der Waals surface area (Å²) in [5, 5.41) is 3.06. The van der Waals surface area contributed by atoms with E-state index in [2.05, 4.69) is 36.5 Å². The smallest absolute Gasteiger partial charge is 0.223 e. The molecule has 0 aliphatic heterocycles. The van der Waals surface area contributed by atoms with Crippen LogP contribution in [-0.4, -0.2) is 12.5 Å². The molecule has 2 rings (SSSR count). The van der Waals surface area contributed by atoms with Gasteiger partial charge in [-0.25, -0.2) is 0 Å². The van der Waals surface area contributed by atoms with Gasteiger partial charge < -0.3 is 5.32 Å². The van der Waals surface area contributed by atoms with Gasteiger partial charge in [-0.05, 0) is 31.8 Å². The second kappa shape index (κ2) is 5.85. The number of amides is 1. The molecular formula is C15H21NO. The average molecular weight is 231 g/mol. The summed E-state index contributed by atoms with van der Waals surface area (Å²) >= 11 is 0. The van der Waals surface area contributed by atoms with E-state index in [1.165, 1.54) is 24.0 Å². The first kappa shape index (κ1) is 12.2. The number of nitrogens with one attached hydrogen (secondary N) is 1. The Bertz CT molecular complexity index is 370. The largest absolute Gasteiger partial charge is 0.352 e. The van der Waals surface area contributed by atoms with Gasteiger partial charge in [0.25, 0.3) is 0 Å². The van der Waals surface area contributed by atoms with Crippen LogP contribution in [0.2, 0.25) is 0 Å². The van der Waals surface area contributed by atoms with Crippen LogP contribution in [0.15, 0.2) is 35.5 Å². The highest BCUT2D eigenvalue weighted by Crippen LogP contribution is 2.24. The Morgan fingerprint density at radius 1 is 1.29 bits per heavy atom. The van der Waals surface area contributed by atoms with Gasteiger partial charge in [-0.3, -0.25) is 4.79 Å². The van der Waals surface area contributed by atoms with Gasteiger partial charge in [-0.15, -0.1) is 0 Å². The molecule has 0 aromatic heterocycles. The van der Waals surface area contributed by atoms with Crippen LogP contribution in [0.25, 0.3) is 0 Å². The Morgan fingerprint density at radius 2 is 2.06 bits per heavy atom. The topological polar surface area (TPSA) is 29.1 Å². The molecule has 0 heterocycles. The lowest BCUT2D eigenvalue weighted by atomic mass is 10.1. The van der Waals surface area contributed by atoms with E-state index >= 15 is 0 Å². The molecule has 0 saturated heterocycles. The molecule has 0 aromatic carbocycles. The normalized spacial score (nSPS) is 20.8. The Hall–Kier alpha value is -1.31. The Labute approximate surface area is 103 Å². The molecule has 0 bridgehead atoms. The molecule has 2 aliphatic rings. The van der Waals surface area contributed by atoms with Gasteiger partial charge in [0.1, 0.15) is 0 Å². The minimum atomic E-state index is 0.241. The molecule has 0 spiro atoms. The fourth-order valence-electron chi connectivity index (χ4n) is 2.42. The lowest BCUT2D eigenvalue weighted by molar-refractivity contribution is -0.124. The van der Waals surface area contributed by atoms with Crippen LogP contribution in [0.3, 0.4) is 0 Å². The molecule has 17 heavy (non-hydrogen) atoms. The lowest BCUT2D eigenvalue weighted by Gasteiger charge is -2.10. The summed E-state index contributed by atoms with van der Waals surface area (Å²) in [7, 11) is 0. The molecule has 1 amide bonds. The van der Waals surface area contributed by atoms with E-state index in [1.807, 2.05) is 0 Å². The van der Waals surface area contributed by atoms with E-state index in [0.29, 0.717) is 6.54 Å². The minimum Gasteiger partial charge on any atom is -0.352 e. The minimum absolute atomic E-state index is 0.241. The molecule has 1 fully saturated rings. The zero-order valence-corrected chi connectivity index (χ0v) is 10.5. The van der Waals surface area contributed by atoms with Crippen molar-refractivity contribution in [1.29, 1.82) is 0 Å². The third kappa shape index (κ3) is 3.58. The summed E-state index contributed by atoms with van der Waals surface area (Å²) < 4.78 is 0. The second-order valence-electron chi connectivity index (χ2n) is 5.00. The molecule has 0 unspecified atom stereocenters. The molecule has 2 heteroatoms. The molecular weight excluding hydrogens is 210 g/mol. The molecule has 0 radical (unpaired) electrons. The highest BCUT2D eigenvalue weighted by molar-refractivity contribution is 5.79. The van der Waals surface area contributed by atoms with Gasteiger partial charge >= 0.3 is 0 Å². The number of carbonyl (C=O) groups excluding carboxylic acids is 1. The summed E-state index contributed by atoms with van der Waals surface area (Å²) in [6, 6.07) is 0. The summed E-state index contributed by atoms with van der Waals surface area (Å²) in [5.41, 5.74) is 2.50. The molecule has 1 saturated carbocycles. The fourth-order valence-corrected chi connectivity index (χ4v) is 2.42. The van der Waals surface area contributed by atoms with Crippen LogP contribution in [-0.2, 0) is 4.79 Å². The monoisotopic (exact) mass is 231 g/mol. The average Bonchev–Trinajstić information content (AvgIpc) is 2.78. The fraction of sp³-hybridized carbons (Fsp3) is 0.533. The first-order valence-electron chi connectivity index (χ1n) is 6.57. The quantitative estimate of drug-likeness (QED) is 0.794. The molecule has 0 aromatic rings. The number of allylic oxidation sites excluding steroid dienone is 4. The lowest BCUT2D eigenvalue weighted by Crippen LogP contribution is -2.30. The maximum absolute atomic E-state index is 11.9. The van der Waals surface area contributed by atoms with E-state index in [0.717, 1.165) is 19.3 Å². The first-order valence-corrected chi connectivity index (χ1v) is 6.57. The van der Waals surface area contributed by atoms with Crippen molar-refractivity contribution in [1.82, 2.24) is 5.32 Å². The van der Waals surface area contributed by atoms with E-state index < -0.39 is 0 Å². The van der Waals surface area contributed by atoms with Crippen molar-refractivity contribution < 1.29 is 4.79 Å². The van der Waals surface area contributed by atoms with Crippen LogP contribution >= 0.6 is 0 Å². The summed E-state index contributed by atoms with van der Waals surface area (Å²) in [6.07, 6.45) is 14.1. The van der Waals surface area contributed by atoms with Gasteiger partial charge in [0.05, 0.1) is 0 Å². The highest BCUT2D eigenvalue weighted by Gasteiger charge is 2.22. The van der Waals surface area contributed by atoms with Crippen LogP contribution in [0.1, 0.15) is 39.0 Å². The van der Waals surface area contributed by atoms with E-state index in [1.54, 1.807) is 0 Å². The highest BCUT2D eigenvalue weighted by atomic mass is 16.1. The van der Waals surface area contributed by atoms with Crippen molar-refractivity contribution in [3.63, 3.8) is 0 Å². The second-order valence-corrected chi connectivity index (χ2v) is 5.00. The maximum atomic E-state index is 11.9. The standard InChI is InChI=1S/C15H21NO/c1-12-5-4-6-13(10-9-12)11-16-15(17)14-7-2-3-8-14/h5-6,9-10,14H,2-4,7-8,11H2,1H3,(H,16,17). The molecule has 2 aliphatic carbocycles. The number of carbonyl (C=O) groups is 1. The Balaban J connectivity index is 1.80. The van der Waals surface area contributed by atoms with E-state index in [4.69, 9.17) is 0 Å². The van der Waals surface area contributed by atoms with Crippen molar-refractivity contribution in [2.45, 2.75) is 39.0 Å². The first-order chi connectivity index (χ1) is 8.25. The van der Waals surface area contributed by atoms with E-state index in [-0.39, 0.29) is 11.8 Å². The summed E-state index contributed by atoms with van der Waals surface area (Å²) in [4.78, 5) is 11.9. The van der Waals surface area contributed by atoms with Crippen LogP contribution in [0.5, 0.6) is 0 Å². The molecule has 1 N–H and O–H groups in total. The van der Waals surface area contributed by atoms with E-state index in [9.17, 15) is 4.79 Å². The maximum Gasteiger partial charge on any atom is 0.223 e. The summed E-state index contributed by atoms with van der Waals surface area (Å²) in [5.74, 6) is 0.510. The number of hydrogen-bond acceptors (Lipinski definition) is 1. The van der Waals surface area contributed by atoms with Crippen molar-refractivity contribution in [3.05, 3.63) is 35.5 Å². The molecule has 2 nitrogen and oxygen atoms in total. The number of rotatable bonds is 3. The van der Waals surface area contributed by atoms with Crippen molar-refractivity contribution in [3.8, 4) is 0 Å². The van der Waals surface area contributed by atoms with Crippen LogP contribution < -0.4 is 5.32 Å². The Morgan fingerprint density at radius 3 is 2.82 bits per heavy atom. The predicted octanol–water partition coefficient (Wildman–Crippen LogP) is 3.13. The molecule has 0 atom stereocenters. The predicted molar refractivity (Wildman–Crippen MR) is 70.6 cm³/mol. The van der Waals surface area contributed by atoms with Gasteiger partial charge in [0.15, 0.2) is 0 Å². The molecule has 92 valence electrons. The van der Waals surface area contributed by atoms with Gasteiger partial charge in [-0.2, -0.15) is 0 Å². The van der Waals surface area contributed by atoms with Crippen molar-refractivity contribution in [2.24, 2.45) is 5.92 Å². The zero-order valence-electron chi connectivity index (χ0n) is 10.5. The van der Waals surface area contributed by atoms with Crippen LogP contribution in [0.4, 0.5) is 0 Å². The number of hydrogen-bond donors (Lipinski definition) is 1. The van der Waals surface area contributed by atoms with Gasteiger partial charge in [0, 0.05) is 12.5 Å². The summed E-state index contributed by atoms with van der Waals surface area (Å²) in [6.45, 7) is 2.78. The zero-order chi connectivity index (χ0) is 12.1. The van der Waals surface area contributed by atoms with Gasteiger partial charge in [0.2, 0.25) is 5.91 Å². The Kier molecular flexibility index (Phi) is 4.18. The van der Waals surface area contributed by atoms with Crippen molar-refractivity contribution in [2.75, 3.05) is 6.54 Å². The SMILES string of the molecule is CC1=CCC=C(CNC(=O)C2CCCC2)C=C1.